The van der Waals surface area contributed by atoms with E-state index >= 15 is 0 Å². The number of aryl methyl sites for hydroxylation is 2. The van der Waals surface area contributed by atoms with Crippen molar-refractivity contribution in [2.24, 2.45) is 7.05 Å². The quantitative estimate of drug-likeness (QED) is 0.708. The molecular formula is C12H15NO. The lowest BCUT2D eigenvalue weighted by atomic mass is 10.2. The zero-order valence-corrected chi connectivity index (χ0v) is 8.87. The molecule has 0 aliphatic rings. The highest BCUT2D eigenvalue weighted by Crippen LogP contribution is 2.20. The van der Waals surface area contributed by atoms with Gasteiger partial charge in [0.1, 0.15) is 0 Å². The Hall–Kier alpha value is -1.28. The lowest BCUT2D eigenvalue weighted by Gasteiger charge is -2.02. The van der Waals surface area contributed by atoms with Crippen molar-refractivity contribution in [2.75, 3.05) is 7.11 Å². The summed E-state index contributed by atoms with van der Waals surface area (Å²) in [5, 5.41) is 1.29. The SMILES string of the molecule is COCc1cc2cc(C)ccc2n1C. The Morgan fingerprint density at radius 2 is 2.07 bits per heavy atom. The zero-order valence-electron chi connectivity index (χ0n) is 8.87. The number of rotatable bonds is 2. The molecule has 0 unspecified atom stereocenters. The van der Waals surface area contributed by atoms with Gasteiger partial charge in [0.15, 0.2) is 0 Å². The summed E-state index contributed by atoms with van der Waals surface area (Å²) in [6.07, 6.45) is 0. The number of nitrogens with zero attached hydrogens (tertiary/aromatic N) is 1. The van der Waals surface area contributed by atoms with Crippen molar-refractivity contribution in [3.8, 4) is 0 Å². The van der Waals surface area contributed by atoms with E-state index in [-0.39, 0.29) is 0 Å². The number of methoxy groups -OCH3 is 1. The van der Waals surface area contributed by atoms with Crippen LogP contribution in [0.4, 0.5) is 0 Å². The summed E-state index contributed by atoms with van der Waals surface area (Å²) in [5.74, 6) is 0. The highest BCUT2D eigenvalue weighted by molar-refractivity contribution is 5.81. The summed E-state index contributed by atoms with van der Waals surface area (Å²) in [5.41, 5.74) is 3.78. The molecule has 0 aliphatic heterocycles. The number of hydrogen-bond acceptors (Lipinski definition) is 1. The number of aromatic nitrogens is 1. The fourth-order valence-electron chi connectivity index (χ4n) is 1.81. The standard InChI is InChI=1S/C12H15NO/c1-9-4-5-12-10(6-9)7-11(8-14-3)13(12)2/h4-7H,8H2,1-3H3. The smallest absolute Gasteiger partial charge is 0.0864 e. The van der Waals surface area contributed by atoms with Gasteiger partial charge in [-0.25, -0.2) is 0 Å². The van der Waals surface area contributed by atoms with Gasteiger partial charge in [0, 0.05) is 30.8 Å². The van der Waals surface area contributed by atoms with Crippen LogP contribution in [0.2, 0.25) is 0 Å². The van der Waals surface area contributed by atoms with Gasteiger partial charge in [-0.3, -0.25) is 0 Å². The van der Waals surface area contributed by atoms with E-state index in [1.165, 1.54) is 22.2 Å². The highest BCUT2D eigenvalue weighted by Gasteiger charge is 2.04. The molecule has 0 radical (unpaired) electrons. The molecule has 0 fully saturated rings. The molecule has 2 aromatic rings. The Morgan fingerprint density at radius 1 is 1.29 bits per heavy atom. The lowest BCUT2D eigenvalue weighted by molar-refractivity contribution is 0.179. The summed E-state index contributed by atoms with van der Waals surface area (Å²) >= 11 is 0. The third kappa shape index (κ3) is 1.42. The van der Waals surface area contributed by atoms with E-state index in [0.717, 1.165) is 0 Å². The predicted molar refractivity (Wildman–Crippen MR) is 58.4 cm³/mol. The average Bonchev–Trinajstić information content (AvgIpc) is 2.44. The minimum atomic E-state index is 0.671. The monoisotopic (exact) mass is 189 g/mol. The van der Waals surface area contributed by atoms with Gasteiger partial charge in [0.2, 0.25) is 0 Å². The second-order valence-corrected chi connectivity index (χ2v) is 3.69. The van der Waals surface area contributed by atoms with Crippen LogP contribution >= 0.6 is 0 Å². The Morgan fingerprint density at radius 3 is 2.79 bits per heavy atom. The first kappa shape index (κ1) is 9.28. The molecule has 0 saturated heterocycles. The van der Waals surface area contributed by atoms with Crippen LogP contribution in [0.5, 0.6) is 0 Å². The van der Waals surface area contributed by atoms with Crippen molar-refractivity contribution < 1.29 is 4.74 Å². The summed E-state index contributed by atoms with van der Waals surface area (Å²) < 4.78 is 7.33. The van der Waals surface area contributed by atoms with E-state index in [1.807, 2.05) is 0 Å². The molecule has 0 saturated carbocycles. The maximum atomic E-state index is 5.15. The summed E-state index contributed by atoms with van der Waals surface area (Å²) in [6, 6.07) is 8.68. The number of ether oxygens (including phenoxy) is 1. The molecule has 0 aliphatic carbocycles. The van der Waals surface area contributed by atoms with Crippen molar-refractivity contribution in [2.45, 2.75) is 13.5 Å². The maximum Gasteiger partial charge on any atom is 0.0864 e. The van der Waals surface area contributed by atoms with Crippen molar-refractivity contribution >= 4 is 10.9 Å². The first-order chi connectivity index (χ1) is 6.72. The van der Waals surface area contributed by atoms with Crippen molar-refractivity contribution in [1.82, 2.24) is 4.57 Å². The minimum absolute atomic E-state index is 0.671. The first-order valence-electron chi connectivity index (χ1n) is 4.76. The summed E-state index contributed by atoms with van der Waals surface area (Å²) in [4.78, 5) is 0. The van der Waals surface area contributed by atoms with Gasteiger partial charge in [0.05, 0.1) is 6.61 Å². The van der Waals surface area contributed by atoms with Crippen molar-refractivity contribution in [3.05, 3.63) is 35.5 Å². The minimum Gasteiger partial charge on any atom is -0.378 e. The second-order valence-electron chi connectivity index (χ2n) is 3.69. The third-order valence-corrected chi connectivity index (χ3v) is 2.59. The molecule has 0 atom stereocenters. The van der Waals surface area contributed by atoms with Crippen molar-refractivity contribution in [1.29, 1.82) is 0 Å². The second kappa shape index (κ2) is 3.46. The molecular weight excluding hydrogens is 174 g/mol. The van der Waals surface area contributed by atoms with Gasteiger partial charge in [-0.15, -0.1) is 0 Å². The lowest BCUT2D eigenvalue weighted by Crippen LogP contribution is -1.96. The summed E-state index contributed by atoms with van der Waals surface area (Å²) in [7, 11) is 3.80. The average molecular weight is 189 g/mol. The number of benzene rings is 1. The van der Waals surface area contributed by atoms with Crippen molar-refractivity contribution in [3.63, 3.8) is 0 Å². The fraction of sp³-hybridized carbons (Fsp3) is 0.333. The van der Waals surface area contributed by atoms with Gasteiger partial charge >= 0.3 is 0 Å². The Bertz CT molecular complexity index is 457. The largest absolute Gasteiger partial charge is 0.378 e. The third-order valence-electron chi connectivity index (χ3n) is 2.59. The molecule has 2 nitrogen and oxygen atoms in total. The van der Waals surface area contributed by atoms with Crippen LogP contribution in [-0.2, 0) is 18.4 Å². The van der Waals surface area contributed by atoms with E-state index in [0.29, 0.717) is 6.61 Å². The fourth-order valence-corrected chi connectivity index (χ4v) is 1.81. The molecule has 2 rings (SSSR count). The highest BCUT2D eigenvalue weighted by atomic mass is 16.5. The van der Waals surface area contributed by atoms with Crippen LogP contribution in [0.3, 0.4) is 0 Å². The molecule has 14 heavy (non-hydrogen) atoms. The molecule has 2 heteroatoms. The molecule has 1 heterocycles. The molecule has 0 amide bonds. The Labute approximate surface area is 84.1 Å². The predicted octanol–water partition coefficient (Wildman–Crippen LogP) is 2.63. The number of fused-ring (bicyclic) bond motifs is 1. The molecule has 1 aromatic heterocycles. The molecule has 0 bridgehead atoms. The van der Waals surface area contributed by atoms with E-state index in [4.69, 9.17) is 4.74 Å². The topological polar surface area (TPSA) is 14.2 Å². The van der Waals surface area contributed by atoms with E-state index in [9.17, 15) is 0 Å². The zero-order chi connectivity index (χ0) is 10.1. The summed E-state index contributed by atoms with van der Waals surface area (Å²) in [6.45, 7) is 2.78. The van der Waals surface area contributed by atoms with E-state index in [1.54, 1.807) is 7.11 Å². The van der Waals surface area contributed by atoms with Crippen LogP contribution in [0.15, 0.2) is 24.3 Å². The van der Waals surface area contributed by atoms with Gasteiger partial charge in [0.25, 0.3) is 0 Å². The Balaban J connectivity index is 2.61. The van der Waals surface area contributed by atoms with Crippen LogP contribution in [-0.4, -0.2) is 11.7 Å². The van der Waals surface area contributed by atoms with Gasteiger partial charge in [-0.1, -0.05) is 11.6 Å². The van der Waals surface area contributed by atoms with Gasteiger partial charge < -0.3 is 9.30 Å². The van der Waals surface area contributed by atoms with Crippen LogP contribution in [0, 0.1) is 6.92 Å². The van der Waals surface area contributed by atoms with E-state index in [2.05, 4.69) is 42.8 Å². The van der Waals surface area contributed by atoms with Crippen LogP contribution in [0.25, 0.3) is 10.9 Å². The Kier molecular flexibility index (Phi) is 2.30. The normalized spacial score (nSPS) is 11.1. The molecule has 0 spiro atoms. The van der Waals surface area contributed by atoms with Gasteiger partial charge in [-0.2, -0.15) is 0 Å². The van der Waals surface area contributed by atoms with Crippen LogP contribution < -0.4 is 0 Å². The molecule has 74 valence electrons. The maximum absolute atomic E-state index is 5.15. The number of hydrogen-bond donors (Lipinski definition) is 0. The van der Waals surface area contributed by atoms with E-state index < -0.39 is 0 Å². The van der Waals surface area contributed by atoms with Crippen LogP contribution in [0.1, 0.15) is 11.3 Å². The molecule has 1 aromatic carbocycles. The molecule has 0 N–H and O–H groups in total. The first-order valence-corrected chi connectivity index (χ1v) is 4.76. The van der Waals surface area contributed by atoms with Gasteiger partial charge in [-0.05, 0) is 25.1 Å².